The molecule has 4 rings (SSSR count). The van der Waals surface area contributed by atoms with Crippen LogP contribution in [0.25, 0.3) is 5.69 Å². The van der Waals surface area contributed by atoms with Gasteiger partial charge in [-0.2, -0.15) is 5.10 Å². The van der Waals surface area contributed by atoms with Gasteiger partial charge in [0.05, 0.1) is 17.9 Å². The molecule has 2 aliphatic rings. The van der Waals surface area contributed by atoms with E-state index >= 15 is 0 Å². The number of hydrogen-bond acceptors (Lipinski definition) is 9. The summed E-state index contributed by atoms with van der Waals surface area (Å²) in [7, 11) is 0. The fraction of sp³-hybridized carbons (Fsp3) is 0.500. The predicted molar refractivity (Wildman–Crippen MR) is 151 cm³/mol. The molecule has 2 saturated heterocycles. The zero-order valence-corrected chi connectivity index (χ0v) is 24.3. The highest BCUT2D eigenvalue weighted by molar-refractivity contribution is 5.96. The summed E-state index contributed by atoms with van der Waals surface area (Å²) in [5.74, 6) is -3.01. The third-order valence-corrected chi connectivity index (χ3v) is 7.44. The second kappa shape index (κ2) is 13.3. The molecule has 4 amide bonds. The van der Waals surface area contributed by atoms with Crippen molar-refractivity contribution in [1.29, 1.82) is 0 Å². The molecular formula is C28H36N6O10. The minimum Gasteiger partial charge on any atom is -0.481 e. The molecule has 5 N–H and O–H groups in total. The van der Waals surface area contributed by atoms with E-state index in [-0.39, 0.29) is 57.3 Å². The lowest BCUT2D eigenvalue weighted by Crippen LogP contribution is -2.55. The third-order valence-electron chi connectivity index (χ3n) is 7.44. The molecule has 2 aromatic rings. The smallest absolute Gasteiger partial charge is 0.407 e. The number of carbonyl (C=O) groups excluding carboxylic acids is 3. The van der Waals surface area contributed by atoms with Crippen molar-refractivity contribution in [3.05, 3.63) is 42.1 Å². The van der Waals surface area contributed by atoms with Gasteiger partial charge in [0.2, 0.25) is 11.8 Å². The number of aliphatic hydroxyl groups excluding tert-OH is 2. The fourth-order valence-electron chi connectivity index (χ4n) is 5.02. The van der Waals surface area contributed by atoms with E-state index in [1.165, 1.54) is 34.4 Å². The van der Waals surface area contributed by atoms with Crippen molar-refractivity contribution < 1.29 is 49.1 Å². The van der Waals surface area contributed by atoms with Gasteiger partial charge in [-0.1, -0.05) is 18.2 Å². The van der Waals surface area contributed by atoms with Crippen molar-refractivity contribution >= 4 is 29.8 Å². The molecule has 0 unspecified atom stereocenters. The first-order valence-corrected chi connectivity index (χ1v) is 14.1. The Labute approximate surface area is 252 Å². The second-order valence-electron chi connectivity index (χ2n) is 11.1. The summed E-state index contributed by atoms with van der Waals surface area (Å²) in [6, 6.07) is 8.68. The highest BCUT2D eigenvalue weighted by Crippen LogP contribution is 2.26. The third kappa shape index (κ3) is 7.44. The first-order chi connectivity index (χ1) is 20.8. The molecule has 44 heavy (non-hydrogen) atoms. The van der Waals surface area contributed by atoms with Gasteiger partial charge in [-0.05, 0) is 32.4 Å². The monoisotopic (exact) mass is 616 g/mol. The number of hydrogen-bond donors (Lipinski definition) is 5. The Morgan fingerprint density at radius 3 is 2.11 bits per heavy atom. The summed E-state index contributed by atoms with van der Waals surface area (Å²) < 4.78 is 7.38. The van der Waals surface area contributed by atoms with Crippen molar-refractivity contribution in [1.82, 2.24) is 29.8 Å². The number of rotatable bonds is 10. The van der Waals surface area contributed by atoms with E-state index in [2.05, 4.69) is 10.4 Å². The zero-order chi connectivity index (χ0) is 32.2. The molecule has 238 valence electrons. The Morgan fingerprint density at radius 2 is 1.55 bits per heavy atom. The van der Waals surface area contributed by atoms with E-state index in [1.54, 1.807) is 30.3 Å². The quantitative estimate of drug-likeness (QED) is 0.227. The summed E-state index contributed by atoms with van der Waals surface area (Å²) in [6.07, 6.45) is -3.90. The summed E-state index contributed by atoms with van der Waals surface area (Å²) in [5, 5.41) is 45.1. The number of carboxylic acid groups (broad SMARTS) is 2. The normalized spacial score (nSPS) is 19.4. The minimum atomic E-state index is -1.51. The summed E-state index contributed by atoms with van der Waals surface area (Å²) >= 11 is 0. The van der Waals surface area contributed by atoms with Gasteiger partial charge in [0.25, 0.3) is 11.8 Å². The van der Waals surface area contributed by atoms with E-state index < -0.39 is 60.1 Å². The van der Waals surface area contributed by atoms with E-state index in [0.717, 1.165) is 4.90 Å². The molecule has 16 heteroatoms. The SMILES string of the molecule is CC(C)(Oc1cc(C(=O)N[C@@H](CCC(=O)O)C(=O)N2CCN(C(=O)O)CC2)nn1-c1ccccc1)C(=O)N1C[C@H](O)[C@@H](O)C1. The topological polar surface area (TPSA) is 215 Å². The fourth-order valence-corrected chi connectivity index (χ4v) is 5.02. The number of carbonyl (C=O) groups is 5. The van der Waals surface area contributed by atoms with Crippen LogP contribution in [0, 0.1) is 0 Å². The Bertz CT molecular complexity index is 1380. The summed E-state index contributed by atoms with van der Waals surface area (Å²) in [5.41, 5.74) is -1.20. The van der Waals surface area contributed by atoms with Crippen molar-refractivity contribution in [3.63, 3.8) is 0 Å². The molecule has 3 heterocycles. The number of para-hydroxylation sites is 1. The van der Waals surface area contributed by atoms with E-state index in [9.17, 15) is 44.4 Å². The van der Waals surface area contributed by atoms with Crippen molar-refractivity contribution in [2.24, 2.45) is 0 Å². The average molecular weight is 617 g/mol. The number of benzene rings is 1. The van der Waals surface area contributed by atoms with Crippen molar-refractivity contribution in [2.45, 2.75) is 50.5 Å². The highest BCUT2D eigenvalue weighted by atomic mass is 16.5. The number of aromatic nitrogens is 2. The maximum Gasteiger partial charge on any atom is 0.407 e. The molecule has 1 aromatic heterocycles. The summed E-state index contributed by atoms with van der Waals surface area (Å²) in [6.45, 7) is 3.17. The molecule has 2 fully saturated rings. The van der Waals surface area contributed by atoms with Gasteiger partial charge in [-0.15, -0.1) is 0 Å². The first-order valence-electron chi connectivity index (χ1n) is 14.1. The molecule has 0 spiro atoms. The van der Waals surface area contributed by atoms with Crippen LogP contribution >= 0.6 is 0 Å². The van der Waals surface area contributed by atoms with Gasteiger partial charge in [0.1, 0.15) is 6.04 Å². The molecule has 0 radical (unpaired) electrons. The Morgan fingerprint density at radius 1 is 0.955 bits per heavy atom. The van der Waals surface area contributed by atoms with Crippen LogP contribution in [0.1, 0.15) is 37.2 Å². The number of amides is 4. The van der Waals surface area contributed by atoms with Crippen molar-refractivity contribution in [3.8, 4) is 11.6 Å². The van der Waals surface area contributed by atoms with Gasteiger partial charge in [0.15, 0.2) is 11.3 Å². The molecule has 0 saturated carbocycles. The van der Waals surface area contributed by atoms with Gasteiger partial charge in [0, 0.05) is 51.8 Å². The lowest BCUT2D eigenvalue weighted by Gasteiger charge is -2.35. The summed E-state index contributed by atoms with van der Waals surface area (Å²) in [4.78, 5) is 66.3. The van der Waals surface area contributed by atoms with Crippen LogP contribution in [0.5, 0.6) is 5.88 Å². The predicted octanol–water partition coefficient (Wildman–Crippen LogP) is -0.621. The molecule has 0 aliphatic carbocycles. The van der Waals surface area contributed by atoms with Crippen LogP contribution in [0.3, 0.4) is 0 Å². The van der Waals surface area contributed by atoms with Crippen LogP contribution < -0.4 is 10.1 Å². The number of carboxylic acids is 1. The maximum absolute atomic E-state index is 13.4. The lowest BCUT2D eigenvalue weighted by molar-refractivity contribution is -0.145. The van der Waals surface area contributed by atoms with Crippen LogP contribution in [0.4, 0.5) is 4.79 Å². The second-order valence-corrected chi connectivity index (χ2v) is 11.1. The molecular weight excluding hydrogens is 580 g/mol. The van der Waals surface area contributed by atoms with Gasteiger partial charge in [-0.25, -0.2) is 9.48 Å². The standard InChI is InChI=1S/C28H36N6O10/c1-28(2,26(41)33-15-20(35)21(36)16-33)44-22-14-19(30-34(22)17-6-4-3-5-7-17)24(39)29-18(8-9-23(37)38)25(40)31-10-12-32(13-11-31)27(42)43/h3-7,14,18,20-21,35-36H,8-13,15-16H2,1-2H3,(H,29,39)(H,37,38)(H,42,43)/t18-,20-,21-/m0/s1. The van der Waals surface area contributed by atoms with Gasteiger partial charge >= 0.3 is 12.1 Å². The molecule has 3 atom stereocenters. The van der Waals surface area contributed by atoms with Crippen LogP contribution in [0.2, 0.25) is 0 Å². The number of nitrogens with zero attached hydrogens (tertiary/aromatic N) is 5. The molecule has 2 aliphatic heterocycles. The molecule has 1 aromatic carbocycles. The number of β-amino-alcohol motifs (C(OH)–C–C–N with tert-alkyl or cyclic N) is 2. The number of piperazine rings is 1. The number of ether oxygens (including phenoxy) is 1. The Kier molecular flexibility index (Phi) is 9.74. The van der Waals surface area contributed by atoms with Gasteiger partial charge in [-0.3, -0.25) is 19.2 Å². The number of aliphatic hydroxyl groups is 2. The zero-order valence-electron chi connectivity index (χ0n) is 24.3. The maximum atomic E-state index is 13.4. The molecule has 0 bridgehead atoms. The highest BCUT2D eigenvalue weighted by Gasteiger charge is 2.41. The average Bonchev–Trinajstić information content (AvgIpc) is 3.56. The van der Waals surface area contributed by atoms with E-state index in [0.29, 0.717) is 5.69 Å². The van der Waals surface area contributed by atoms with Crippen LogP contribution in [-0.4, -0.2) is 138 Å². The van der Waals surface area contributed by atoms with Crippen LogP contribution in [0.15, 0.2) is 36.4 Å². The number of likely N-dealkylation sites (tertiary alicyclic amines) is 1. The van der Waals surface area contributed by atoms with E-state index in [1.807, 2.05) is 0 Å². The molecule has 16 nitrogen and oxygen atoms in total. The minimum absolute atomic E-state index is 0.0122. The number of nitrogens with one attached hydrogen (secondary N) is 1. The first kappa shape index (κ1) is 32.2. The van der Waals surface area contributed by atoms with Crippen molar-refractivity contribution in [2.75, 3.05) is 39.3 Å². The van der Waals surface area contributed by atoms with Crippen LogP contribution in [-0.2, 0) is 14.4 Å². The number of aliphatic carboxylic acids is 1. The van der Waals surface area contributed by atoms with E-state index in [4.69, 9.17) is 4.74 Å². The van der Waals surface area contributed by atoms with Gasteiger partial charge < -0.3 is 45.2 Å². The largest absolute Gasteiger partial charge is 0.481 e. The Balaban J connectivity index is 1.56. The Hall–Kier alpha value is -4.70. The lowest BCUT2D eigenvalue weighted by atomic mass is 10.1.